The second-order valence-electron chi connectivity index (χ2n) is 9.76. The molecule has 2 aromatic rings. The van der Waals surface area contributed by atoms with Crippen LogP contribution in [0.4, 0.5) is 0 Å². The number of hydrogen-bond donors (Lipinski definition) is 2. The van der Waals surface area contributed by atoms with E-state index in [1.165, 1.54) is 33.1 Å². The van der Waals surface area contributed by atoms with E-state index in [-0.39, 0.29) is 23.3 Å². The lowest BCUT2D eigenvalue weighted by atomic mass is 9.76. The molecular weight excluding hydrogens is 348 g/mol. The number of amides is 1. The van der Waals surface area contributed by atoms with Crippen molar-refractivity contribution in [1.82, 2.24) is 20.1 Å². The highest BCUT2D eigenvalue weighted by Crippen LogP contribution is 2.44. The summed E-state index contributed by atoms with van der Waals surface area (Å²) >= 11 is 0. The average molecular weight is 379 g/mol. The first kappa shape index (κ1) is 17.8. The van der Waals surface area contributed by atoms with Gasteiger partial charge in [-0.05, 0) is 37.7 Å². The molecule has 5 nitrogen and oxygen atoms in total. The van der Waals surface area contributed by atoms with Crippen molar-refractivity contribution in [1.29, 1.82) is 0 Å². The van der Waals surface area contributed by atoms with Gasteiger partial charge < -0.3 is 9.88 Å². The second-order valence-corrected chi connectivity index (χ2v) is 9.76. The van der Waals surface area contributed by atoms with E-state index in [0.717, 1.165) is 31.5 Å². The summed E-state index contributed by atoms with van der Waals surface area (Å²) in [6.07, 6.45) is 7.95. The third-order valence-electron chi connectivity index (χ3n) is 6.96. The zero-order valence-electron chi connectivity index (χ0n) is 17.5. The molecular formula is C23H30N4O. The Labute approximate surface area is 165 Å². The molecule has 5 heteroatoms. The zero-order chi connectivity index (χ0) is 19.8. The van der Waals surface area contributed by atoms with Gasteiger partial charge in [-0.3, -0.25) is 9.89 Å². The maximum atomic E-state index is 13.2. The van der Waals surface area contributed by atoms with E-state index in [4.69, 9.17) is 0 Å². The highest BCUT2D eigenvalue weighted by Gasteiger charge is 2.52. The minimum atomic E-state index is -0.371. The molecule has 1 fully saturated rings. The van der Waals surface area contributed by atoms with Gasteiger partial charge in [0.25, 0.3) is 0 Å². The van der Waals surface area contributed by atoms with Gasteiger partial charge >= 0.3 is 0 Å². The lowest BCUT2D eigenvalue weighted by Crippen LogP contribution is -2.42. The number of aromatic amines is 2. The smallest absolute Gasteiger partial charge is 0.229 e. The molecule has 2 aromatic heterocycles. The fourth-order valence-electron chi connectivity index (χ4n) is 5.48. The number of likely N-dealkylation sites (tertiary alicyclic amines) is 1. The van der Waals surface area contributed by atoms with Crippen LogP contribution in [0, 0.1) is 24.2 Å². The summed E-state index contributed by atoms with van der Waals surface area (Å²) < 4.78 is 0. The van der Waals surface area contributed by atoms with Gasteiger partial charge in [0.1, 0.15) is 5.69 Å². The number of H-pyrrole nitrogens is 2. The first-order valence-electron chi connectivity index (χ1n) is 10.6. The maximum absolute atomic E-state index is 13.2. The van der Waals surface area contributed by atoms with Crippen molar-refractivity contribution in [2.75, 3.05) is 6.54 Å². The average Bonchev–Trinajstić information content (AvgIpc) is 3.17. The third-order valence-corrected chi connectivity index (χ3v) is 6.96. The number of fused-ring (bicyclic) bond motifs is 6. The number of hydrogen-bond acceptors (Lipinski definition) is 2. The van der Waals surface area contributed by atoms with Crippen molar-refractivity contribution in [3.8, 4) is 11.4 Å². The topological polar surface area (TPSA) is 64.8 Å². The maximum Gasteiger partial charge on any atom is 0.229 e. The summed E-state index contributed by atoms with van der Waals surface area (Å²) in [7, 11) is 0. The van der Waals surface area contributed by atoms with Crippen LogP contribution in [0.25, 0.3) is 23.5 Å². The van der Waals surface area contributed by atoms with Gasteiger partial charge in [-0.2, -0.15) is 5.10 Å². The molecule has 0 spiro atoms. The van der Waals surface area contributed by atoms with Crippen molar-refractivity contribution >= 4 is 18.1 Å². The summed E-state index contributed by atoms with van der Waals surface area (Å²) in [5.41, 5.74) is 5.78. The molecule has 2 N–H and O–H groups in total. The Balaban J connectivity index is 1.70. The van der Waals surface area contributed by atoms with E-state index in [2.05, 4.69) is 66.9 Å². The van der Waals surface area contributed by atoms with Crippen LogP contribution < -0.4 is 10.6 Å². The Morgan fingerprint density at radius 3 is 2.75 bits per heavy atom. The largest absolute Gasteiger partial charge is 0.353 e. The second kappa shape index (κ2) is 5.85. The lowest BCUT2D eigenvalue weighted by molar-refractivity contribution is -0.135. The summed E-state index contributed by atoms with van der Waals surface area (Å²) in [6.45, 7) is 11.5. The van der Waals surface area contributed by atoms with Gasteiger partial charge in [-0.1, -0.05) is 39.8 Å². The molecule has 0 saturated carbocycles. The van der Waals surface area contributed by atoms with E-state index >= 15 is 0 Å². The minimum Gasteiger partial charge on any atom is -0.353 e. The Morgan fingerprint density at radius 2 is 2.00 bits per heavy atom. The van der Waals surface area contributed by atoms with Crippen LogP contribution >= 0.6 is 0 Å². The summed E-state index contributed by atoms with van der Waals surface area (Å²) in [5.74, 6) is 0.949. The van der Waals surface area contributed by atoms with E-state index < -0.39 is 0 Å². The highest BCUT2D eigenvalue weighted by atomic mass is 16.2. The Kier molecular flexibility index (Phi) is 3.71. The lowest BCUT2D eigenvalue weighted by Gasteiger charge is -2.27. The van der Waals surface area contributed by atoms with Gasteiger partial charge in [0, 0.05) is 34.3 Å². The first-order valence-corrected chi connectivity index (χ1v) is 10.6. The van der Waals surface area contributed by atoms with Crippen LogP contribution in [0.15, 0.2) is 0 Å². The van der Waals surface area contributed by atoms with Crippen molar-refractivity contribution in [3.05, 3.63) is 27.4 Å². The number of nitrogens with one attached hydrogen (secondary N) is 2. The van der Waals surface area contributed by atoms with Crippen LogP contribution in [0.3, 0.4) is 0 Å². The molecule has 0 radical (unpaired) electrons. The number of rotatable bonds is 2. The number of carbonyl (C=O) groups is 1. The number of aromatic nitrogens is 3. The Morgan fingerprint density at radius 1 is 1.25 bits per heavy atom. The minimum absolute atomic E-state index is 0.154. The molecule has 2 atom stereocenters. The Bertz CT molecular complexity index is 1080. The van der Waals surface area contributed by atoms with Crippen molar-refractivity contribution in [3.63, 3.8) is 0 Å². The van der Waals surface area contributed by atoms with Crippen LogP contribution in [0.5, 0.6) is 0 Å². The fraction of sp³-hybridized carbons (Fsp3) is 0.565. The van der Waals surface area contributed by atoms with Crippen molar-refractivity contribution in [2.45, 2.75) is 59.9 Å². The zero-order valence-corrected chi connectivity index (χ0v) is 17.5. The third kappa shape index (κ3) is 2.31. The Hall–Kier alpha value is -2.30. The molecule has 1 saturated heterocycles. The standard InChI is InChI=1S/C23H30N4O/c1-12(2)11-27-19-9-16-15-8-6-7-14-13(3)25-26-21(14)20(15)24-18(16)10-17(19)23(4,5)22(27)28/h9-10,12,17,19,24H,6-8,11H2,1-5H3,(H,25,26). The highest BCUT2D eigenvalue weighted by molar-refractivity contribution is 5.89. The van der Waals surface area contributed by atoms with Gasteiger partial charge in [-0.25, -0.2) is 0 Å². The normalized spacial score (nSPS) is 24.8. The van der Waals surface area contributed by atoms with Crippen LogP contribution in [-0.2, 0) is 17.6 Å². The fourth-order valence-corrected chi connectivity index (χ4v) is 5.48. The molecule has 28 heavy (non-hydrogen) atoms. The van der Waals surface area contributed by atoms with Crippen LogP contribution in [-0.4, -0.2) is 38.6 Å². The van der Waals surface area contributed by atoms with E-state index in [0.29, 0.717) is 5.92 Å². The van der Waals surface area contributed by atoms with E-state index in [1.807, 2.05) is 0 Å². The van der Waals surface area contributed by atoms with Gasteiger partial charge in [0.05, 0.1) is 17.2 Å². The monoisotopic (exact) mass is 378 g/mol. The van der Waals surface area contributed by atoms with Crippen molar-refractivity contribution < 1.29 is 4.79 Å². The van der Waals surface area contributed by atoms with Gasteiger partial charge in [0.15, 0.2) is 0 Å². The van der Waals surface area contributed by atoms with Crippen LogP contribution in [0.1, 0.15) is 50.9 Å². The van der Waals surface area contributed by atoms with Crippen LogP contribution in [0.2, 0.25) is 0 Å². The SMILES string of the molecule is Cc1[nH]nc2c1CCCc1c-2[nH]c2c1=CC1C(C=2)C(C)(C)C(=O)N1CC(C)C. The molecule has 3 heterocycles. The van der Waals surface area contributed by atoms with Crippen molar-refractivity contribution in [2.24, 2.45) is 17.3 Å². The predicted octanol–water partition coefficient (Wildman–Crippen LogP) is 2.29. The van der Waals surface area contributed by atoms with E-state index in [1.54, 1.807) is 0 Å². The molecule has 0 bridgehead atoms. The molecule has 1 aliphatic heterocycles. The molecule has 2 aliphatic carbocycles. The van der Waals surface area contributed by atoms with Gasteiger partial charge in [-0.15, -0.1) is 0 Å². The molecule has 148 valence electrons. The molecule has 2 unspecified atom stereocenters. The molecule has 3 aliphatic rings. The van der Waals surface area contributed by atoms with Gasteiger partial charge in [0.2, 0.25) is 5.91 Å². The van der Waals surface area contributed by atoms with E-state index in [9.17, 15) is 4.79 Å². The predicted molar refractivity (Wildman–Crippen MR) is 111 cm³/mol. The number of nitrogens with zero attached hydrogens (tertiary/aromatic N) is 2. The summed E-state index contributed by atoms with van der Waals surface area (Å²) in [5, 5.41) is 10.3. The molecule has 0 aromatic carbocycles. The number of carbonyl (C=O) groups excluding carboxylic acids is 1. The molecule has 5 rings (SSSR count). The summed E-state index contributed by atoms with van der Waals surface area (Å²) in [6, 6.07) is 0.154. The number of aryl methyl sites for hydroxylation is 1. The molecule has 1 amide bonds. The first-order chi connectivity index (χ1) is 13.3. The quantitative estimate of drug-likeness (QED) is 0.842. The summed E-state index contributed by atoms with van der Waals surface area (Å²) in [4.78, 5) is 19.0.